The van der Waals surface area contributed by atoms with Crippen LogP contribution in [0.15, 0.2) is 24.3 Å². The van der Waals surface area contributed by atoms with Gasteiger partial charge in [-0.3, -0.25) is 4.90 Å². The summed E-state index contributed by atoms with van der Waals surface area (Å²) in [6.45, 7) is 5.63. The molecule has 0 saturated heterocycles. The van der Waals surface area contributed by atoms with Gasteiger partial charge in [0.05, 0.1) is 0 Å². The van der Waals surface area contributed by atoms with Crippen molar-refractivity contribution in [2.75, 3.05) is 25.4 Å². The maximum atomic E-state index is 8.72. The molecule has 0 atom stereocenters. The summed E-state index contributed by atoms with van der Waals surface area (Å²) in [5, 5.41) is 8.72. The molecule has 0 radical (unpaired) electrons. The van der Waals surface area contributed by atoms with Crippen LogP contribution < -0.4 is 5.73 Å². The minimum absolute atomic E-state index is 0.310. The lowest BCUT2D eigenvalue weighted by Crippen LogP contribution is -2.24. The molecule has 0 aliphatic rings. The number of hydrogen-bond donors (Lipinski definition) is 2. The molecule has 0 fully saturated rings. The van der Waals surface area contributed by atoms with Gasteiger partial charge >= 0.3 is 0 Å². The average Bonchev–Trinajstić information content (AvgIpc) is 2.35. The standard InChI is InChI=1S/C14H24N2O/c1-2-16(10-4-3-5-11-17)12-13-6-8-14(15)9-7-13/h6-9,17H,2-5,10-12,15H2,1H3. The number of anilines is 1. The summed E-state index contributed by atoms with van der Waals surface area (Å²) in [5.74, 6) is 0. The van der Waals surface area contributed by atoms with E-state index in [4.69, 9.17) is 10.8 Å². The molecule has 3 nitrogen and oxygen atoms in total. The number of aliphatic hydroxyl groups excluding tert-OH is 1. The Bertz CT molecular complexity index is 298. The molecule has 1 aromatic carbocycles. The third-order valence-electron chi connectivity index (χ3n) is 2.97. The topological polar surface area (TPSA) is 49.5 Å². The van der Waals surface area contributed by atoms with E-state index in [1.807, 2.05) is 12.1 Å². The highest BCUT2D eigenvalue weighted by Gasteiger charge is 2.03. The van der Waals surface area contributed by atoms with E-state index in [1.54, 1.807) is 0 Å². The highest BCUT2D eigenvalue weighted by molar-refractivity contribution is 5.39. The van der Waals surface area contributed by atoms with Crippen LogP contribution in [0.3, 0.4) is 0 Å². The highest BCUT2D eigenvalue weighted by atomic mass is 16.2. The number of nitrogen functional groups attached to an aromatic ring is 1. The summed E-state index contributed by atoms with van der Waals surface area (Å²) in [5.41, 5.74) is 7.79. The minimum Gasteiger partial charge on any atom is -0.399 e. The zero-order valence-corrected chi connectivity index (χ0v) is 10.7. The first-order chi connectivity index (χ1) is 8.26. The van der Waals surface area contributed by atoms with Crippen molar-refractivity contribution in [2.45, 2.75) is 32.7 Å². The van der Waals surface area contributed by atoms with Crippen molar-refractivity contribution in [3.8, 4) is 0 Å². The number of nitrogens with zero attached hydrogens (tertiary/aromatic N) is 1. The molecule has 1 rings (SSSR count). The maximum absolute atomic E-state index is 8.72. The lowest BCUT2D eigenvalue weighted by atomic mass is 10.2. The first-order valence-corrected chi connectivity index (χ1v) is 6.44. The molecule has 3 heteroatoms. The van der Waals surface area contributed by atoms with E-state index >= 15 is 0 Å². The fourth-order valence-corrected chi connectivity index (χ4v) is 1.85. The van der Waals surface area contributed by atoms with Gasteiger partial charge in [0, 0.05) is 18.8 Å². The number of unbranched alkanes of at least 4 members (excludes halogenated alkanes) is 2. The first kappa shape index (κ1) is 14.0. The Balaban J connectivity index is 2.33. The van der Waals surface area contributed by atoms with Gasteiger partial charge in [0.15, 0.2) is 0 Å². The minimum atomic E-state index is 0.310. The number of hydrogen-bond acceptors (Lipinski definition) is 3. The summed E-state index contributed by atoms with van der Waals surface area (Å²) < 4.78 is 0. The van der Waals surface area contributed by atoms with E-state index < -0.39 is 0 Å². The predicted octanol–water partition coefficient (Wildman–Crippen LogP) is 2.25. The molecule has 0 unspecified atom stereocenters. The zero-order valence-electron chi connectivity index (χ0n) is 10.7. The molecular formula is C14H24N2O. The Kier molecular flexibility index (Phi) is 6.67. The van der Waals surface area contributed by atoms with Crippen LogP contribution >= 0.6 is 0 Å². The summed E-state index contributed by atoms with van der Waals surface area (Å²) >= 11 is 0. The Hall–Kier alpha value is -1.06. The molecule has 0 aliphatic heterocycles. The van der Waals surface area contributed by atoms with Crippen LogP contribution in [0.1, 0.15) is 31.7 Å². The van der Waals surface area contributed by atoms with Gasteiger partial charge < -0.3 is 10.8 Å². The number of aliphatic hydroxyl groups is 1. The Labute approximate surface area is 104 Å². The molecule has 0 heterocycles. The molecule has 0 amide bonds. The highest BCUT2D eigenvalue weighted by Crippen LogP contribution is 2.09. The van der Waals surface area contributed by atoms with Crippen LogP contribution in [0.25, 0.3) is 0 Å². The van der Waals surface area contributed by atoms with Gasteiger partial charge in [-0.15, -0.1) is 0 Å². The van der Waals surface area contributed by atoms with Crippen molar-refractivity contribution in [1.82, 2.24) is 4.90 Å². The van der Waals surface area contributed by atoms with Crippen molar-refractivity contribution in [2.24, 2.45) is 0 Å². The lowest BCUT2D eigenvalue weighted by Gasteiger charge is -2.20. The zero-order chi connectivity index (χ0) is 12.5. The fraction of sp³-hybridized carbons (Fsp3) is 0.571. The van der Waals surface area contributed by atoms with Gasteiger partial charge in [0.2, 0.25) is 0 Å². The molecule has 17 heavy (non-hydrogen) atoms. The maximum Gasteiger partial charge on any atom is 0.0431 e. The van der Waals surface area contributed by atoms with Crippen LogP contribution in [0.5, 0.6) is 0 Å². The quantitative estimate of drug-likeness (QED) is 0.537. The molecule has 1 aromatic rings. The molecule has 0 aliphatic carbocycles. The molecular weight excluding hydrogens is 212 g/mol. The van der Waals surface area contributed by atoms with Gasteiger partial charge in [-0.05, 0) is 50.0 Å². The first-order valence-electron chi connectivity index (χ1n) is 6.44. The Morgan fingerprint density at radius 1 is 1.12 bits per heavy atom. The number of nitrogens with two attached hydrogens (primary N) is 1. The fourth-order valence-electron chi connectivity index (χ4n) is 1.85. The monoisotopic (exact) mass is 236 g/mol. The van der Waals surface area contributed by atoms with Gasteiger partial charge in [-0.2, -0.15) is 0 Å². The molecule has 0 spiro atoms. The van der Waals surface area contributed by atoms with E-state index in [0.29, 0.717) is 6.61 Å². The average molecular weight is 236 g/mol. The van der Waals surface area contributed by atoms with Crippen LogP contribution in [-0.2, 0) is 6.54 Å². The predicted molar refractivity (Wildman–Crippen MR) is 72.7 cm³/mol. The molecule has 0 saturated carbocycles. The van der Waals surface area contributed by atoms with Crippen LogP contribution in [0.4, 0.5) is 5.69 Å². The van der Waals surface area contributed by atoms with Gasteiger partial charge in [-0.25, -0.2) is 0 Å². The van der Waals surface area contributed by atoms with Crippen LogP contribution in [0.2, 0.25) is 0 Å². The largest absolute Gasteiger partial charge is 0.399 e. The summed E-state index contributed by atoms with van der Waals surface area (Å²) in [6, 6.07) is 8.08. The Morgan fingerprint density at radius 3 is 2.41 bits per heavy atom. The number of benzene rings is 1. The molecule has 0 bridgehead atoms. The van der Waals surface area contributed by atoms with E-state index in [0.717, 1.165) is 44.6 Å². The van der Waals surface area contributed by atoms with Crippen molar-refractivity contribution in [1.29, 1.82) is 0 Å². The molecule has 3 N–H and O–H groups in total. The Morgan fingerprint density at radius 2 is 1.82 bits per heavy atom. The second kappa shape index (κ2) is 8.09. The van der Waals surface area contributed by atoms with Crippen LogP contribution in [-0.4, -0.2) is 29.7 Å². The van der Waals surface area contributed by atoms with Crippen molar-refractivity contribution >= 4 is 5.69 Å². The van der Waals surface area contributed by atoms with Gasteiger partial charge in [0.1, 0.15) is 0 Å². The second-order valence-corrected chi connectivity index (χ2v) is 4.39. The molecule has 96 valence electrons. The summed E-state index contributed by atoms with van der Waals surface area (Å²) in [4.78, 5) is 2.42. The number of rotatable bonds is 8. The summed E-state index contributed by atoms with van der Waals surface area (Å²) in [6.07, 6.45) is 3.18. The van der Waals surface area contributed by atoms with Crippen molar-refractivity contribution < 1.29 is 5.11 Å². The van der Waals surface area contributed by atoms with E-state index in [2.05, 4.69) is 24.0 Å². The van der Waals surface area contributed by atoms with Crippen molar-refractivity contribution in [3.63, 3.8) is 0 Å². The van der Waals surface area contributed by atoms with Gasteiger partial charge in [-0.1, -0.05) is 19.1 Å². The third kappa shape index (κ3) is 5.71. The smallest absolute Gasteiger partial charge is 0.0431 e. The van der Waals surface area contributed by atoms with E-state index in [1.165, 1.54) is 5.56 Å². The summed E-state index contributed by atoms with van der Waals surface area (Å²) in [7, 11) is 0. The van der Waals surface area contributed by atoms with Crippen molar-refractivity contribution in [3.05, 3.63) is 29.8 Å². The second-order valence-electron chi connectivity index (χ2n) is 4.39. The normalized spacial score (nSPS) is 11.0. The third-order valence-corrected chi connectivity index (χ3v) is 2.97. The van der Waals surface area contributed by atoms with E-state index in [9.17, 15) is 0 Å². The van der Waals surface area contributed by atoms with Crippen LogP contribution in [0, 0.1) is 0 Å². The van der Waals surface area contributed by atoms with Gasteiger partial charge in [0.25, 0.3) is 0 Å². The molecule has 0 aromatic heterocycles. The SMILES string of the molecule is CCN(CCCCCO)Cc1ccc(N)cc1. The van der Waals surface area contributed by atoms with E-state index in [-0.39, 0.29) is 0 Å². The lowest BCUT2D eigenvalue weighted by molar-refractivity contribution is 0.255.